The molecule has 0 bridgehead atoms. The van der Waals surface area contributed by atoms with Gasteiger partial charge in [0.25, 0.3) is 0 Å². The minimum atomic E-state index is -0.556. The molecule has 0 amide bonds. The van der Waals surface area contributed by atoms with Crippen molar-refractivity contribution >= 4 is 30.5 Å². The van der Waals surface area contributed by atoms with E-state index in [4.69, 9.17) is 18.6 Å². The summed E-state index contributed by atoms with van der Waals surface area (Å²) in [6.45, 7) is 1.94. The minimum absolute atomic E-state index is 0.264. The molecule has 0 fully saturated rings. The van der Waals surface area contributed by atoms with E-state index < -0.39 is 17.0 Å². The van der Waals surface area contributed by atoms with Crippen LogP contribution in [-0.2, 0) is 17.0 Å². The molecule has 2 aromatic rings. The summed E-state index contributed by atoms with van der Waals surface area (Å²) in [7, 11) is 9.78. The van der Waals surface area contributed by atoms with Crippen LogP contribution < -0.4 is 0 Å². The van der Waals surface area contributed by atoms with Crippen molar-refractivity contribution in [2.75, 3.05) is 0 Å². The van der Waals surface area contributed by atoms with Gasteiger partial charge >= 0.3 is 35.6 Å². The van der Waals surface area contributed by atoms with Gasteiger partial charge in [0, 0.05) is 11.8 Å². The molecule has 0 saturated carbocycles. The summed E-state index contributed by atoms with van der Waals surface area (Å²) in [5.74, 6) is 0.264. The summed E-state index contributed by atoms with van der Waals surface area (Å²) < 4.78 is 0. The first-order valence-electron chi connectivity index (χ1n) is 5.52. The zero-order valence-electron chi connectivity index (χ0n) is 10.3. The average molecular weight is 330 g/mol. The maximum atomic E-state index is 9.68. The molecule has 0 unspecified atom stereocenters. The van der Waals surface area contributed by atoms with Gasteiger partial charge in [0.05, 0.1) is 5.69 Å². The Morgan fingerprint density at radius 3 is 2.32 bits per heavy atom. The van der Waals surface area contributed by atoms with Gasteiger partial charge < -0.3 is 5.11 Å². The first kappa shape index (κ1) is 16.3. The molecule has 98 valence electrons. The fourth-order valence-electron chi connectivity index (χ4n) is 1.42. The van der Waals surface area contributed by atoms with Gasteiger partial charge in [0.15, 0.2) is 0 Å². The van der Waals surface area contributed by atoms with Gasteiger partial charge in [-0.15, -0.1) is 0 Å². The van der Waals surface area contributed by atoms with Crippen molar-refractivity contribution in [2.45, 2.75) is 6.92 Å². The summed E-state index contributed by atoms with van der Waals surface area (Å²) in [5, 5.41) is 9.68. The number of nitrogens with zero attached hydrogens (tertiary/aromatic N) is 1. The van der Waals surface area contributed by atoms with Crippen molar-refractivity contribution < 1.29 is 22.1 Å². The van der Waals surface area contributed by atoms with Crippen LogP contribution in [0.15, 0.2) is 53.5 Å². The van der Waals surface area contributed by atoms with Gasteiger partial charge in [-0.1, -0.05) is 24.3 Å². The van der Waals surface area contributed by atoms with Crippen LogP contribution in [0.3, 0.4) is 0 Å². The van der Waals surface area contributed by atoms with E-state index in [9.17, 15) is 5.11 Å². The summed E-state index contributed by atoms with van der Waals surface area (Å²) >= 11 is -0.556. The van der Waals surface area contributed by atoms with Crippen LogP contribution in [0.1, 0.15) is 11.1 Å². The van der Waals surface area contributed by atoms with E-state index in [1.807, 2.05) is 49.4 Å². The molecule has 2 nitrogen and oxygen atoms in total. The summed E-state index contributed by atoms with van der Waals surface area (Å²) in [6.07, 6.45) is 1.67. The normalized spacial score (nSPS) is 9.84. The second kappa shape index (κ2) is 9.16. The van der Waals surface area contributed by atoms with E-state index in [2.05, 4.69) is 4.99 Å². The Balaban J connectivity index is 0.000000550. The van der Waals surface area contributed by atoms with E-state index in [1.165, 1.54) is 0 Å². The monoisotopic (exact) mass is 329 g/mol. The first-order valence-corrected chi connectivity index (χ1v) is 9.82. The summed E-state index contributed by atoms with van der Waals surface area (Å²) in [4.78, 5) is 4.28. The Bertz CT molecular complexity index is 532. The molecule has 5 heteroatoms. The Morgan fingerprint density at radius 1 is 1.11 bits per heavy atom. The van der Waals surface area contributed by atoms with Crippen LogP contribution in [0.4, 0.5) is 5.69 Å². The van der Waals surface area contributed by atoms with Gasteiger partial charge in [-0.2, -0.15) is 0 Å². The van der Waals surface area contributed by atoms with Gasteiger partial charge in [0.1, 0.15) is 5.75 Å². The maximum absolute atomic E-state index is 9.68. The fraction of sp³-hybridized carbons (Fsp3) is 0.0714. The molecule has 0 spiro atoms. The van der Waals surface area contributed by atoms with Crippen LogP contribution in [0, 0.1) is 6.92 Å². The SMILES string of the molecule is Cc1ccc(C=Nc2ccccc2)c(O)c1.[Cl][Ti][Cl]. The summed E-state index contributed by atoms with van der Waals surface area (Å²) in [6, 6.07) is 15.2. The fourth-order valence-corrected chi connectivity index (χ4v) is 1.42. The molecular formula is C14H13Cl2NOTi. The van der Waals surface area contributed by atoms with Gasteiger partial charge in [-0.05, 0) is 36.8 Å². The van der Waals surface area contributed by atoms with Crippen molar-refractivity contribution in [1.29, 1.82) is 0 Å². The summed E-state index contributed by atoms with van der Waals surface area (Å²) in [5.41, 5.74) is 2.64. The van der Waals surface area contributed by atoms with E-state index in [1.54, 1.807) is 12.3 Å². The van der Waals surface area contributed by atoms with Crippen LogP contribution >= 0.6 is 18.6 Å². The molecular weight excluding hydrogens is 317 g/mol. The Labute approximate surface area is 129 Å². The molecule has 2 aromatic carbocycles. The molecule has 0 atom stereocenters. The topological polar surface area (TPSA) is 32.6 Å². The first-order chi connectivity index (χ1) is 9.17. The Hall–Kier alpha value is -0.796. The second-order valence-corrected chi connectivity index (χ2v) is 6.31. The molecule has 1 N–H and O–H groups in total. The number of aryl methyl sites for hydroxylation is 1. The van der Waals surface area contributed by atoms with E-state index in [0.29, 0.717) is 0 Å². The number of rotatable bonds is 2. The van der Waals surface area contributed by atoms with Gasteiger partial charge in [-0.25, -0.2) is 0 Å². The number of phenolic OH excluding ortho intramolecular Hbond substituents is 1. The van der Waals surface area contributed by atoms with Gasteiger partial charge in [0.2, 0.25) is 0 Å². The van der Waals surface area contributed by atoms with Crippen molar-refractivity contribution in [1.82, 2.24) is 0 Å². The Kier molecular flexibility index (Phi) is 7.84. The number of hydrogen-bond acceptors (Lipinski definition) is 2. The quantitative estimate of drug-likeness (QED) is 0.621. The van der Waals surface area contributed by atoms with Crippen LogP contribution in [0.25, 0.3) is 0 Å². The van der Waals surface area contributed by atoms with E-state index in [0.717, 1.165) is 16.8 Å². The number of phenols is 1. The zero-order valence-corrected chi connectivity index (χ0v) is 13.4. The number of benzene rings is 2. The average Bonchev–Trinajstić information content (AvgIpc) is 2.40. The van der Waals surface area contributed by atoms with Crippen molar-refractivity contribution in [3.63, 3.8) is 0 Å². The van der Waals surface area contributed by atoms with E-state index in [-0.39, 0.29) is 5.75 Å². The number of aliphatic imine (C=N–C) groups is 1. The predicted molar refractivity (Wildman–Crippen MR) is 78.2 cm³/mol. The van der Waals surface area contributed by atoms with Crippen molar-refractivity contribution in [3.05, 3.63) is 59.7 Å². The molecule has 2 rings (SSSR count). The predicted octanol–water partition coefficient (Wildman–Crippen LogP) is 4.83. The molecule has 0 heterocycles. The number of halogens is 2. The zero-order chi connectivity index (χ0) is 14.1. The number of para-hydroxylation sites is 1. The van der Waals surface area contributed by atoms with Crippen molar-refractivity contribution in [2.24, 2.45) is 4.99 Å². The van der Waals surface area contributed by atoms with Crippen LogP contribution in [0.2, 0.25) is 0 Å². The molecule has 0 aliphatic heterocycles. The number of hydrogen-bond donors (Lipinski definition) is 1. The number of aromatic hydroxyl groups is 1. The second-order valence-electron chi connectivity index (χ2n) is 3.73. The molecule has 19 heavy (non-hydrogen) atoms. The van der Waals surface area contributed by atoms with Crippen LogP contribution in [-0.4, -0.2) is 11.3 Å². The van der Waals surface area contributed by atoms with Crippen molar-refractivity contribution in [3.8, 4) is 5.75 Å². The van der Waals surface area contributed by atoms with Crippen LogP contribution in [0.5, 0.6) is 5.75 Å². The standard InChI is InChI=1S/C14H13NO.2ClH.Ti/c1-11-7-8-12(14(16)9-11)10-15-13-5-3-2-4-6-13;;;/h2-10,16H,1H3;2*1H;/q;;;+2/p-2. The third-order valence-corrected chi connectivity index (χ3v) is 2.29. The molecule has 0 aliphatic rings. The Morgan fingerprint density at radius 2 is 1.74 bits per heavy atom. The molecule has 0 radical (unpaired) electrons. The third kappa shape index (κ3) is 6.26. The third-order valence-electron chi connectivity index (χ3n) is 2.29. The molecule has 0 aliphatic carbocycles. The molecule has 0 saturated heterocycles. The van der Waals surface area contributed by atoms with Gasteiger partial charge in [-0.3, -0.25) is 4.99 Å². The molecule has 0 aromatic heterocycles. The van der Waals surface area contributed by atoms with E-state index >= 15 is 0 Å².